The second kappa shape index (κ2) is 11.4. The van der Waals surface area contributed by atoms with Crippen LogP contribution in [-0.2, 0) is 14.8 Å². The Bertz CT molecular complexity index is 1260. The van der Waals surface area contributed by atoms with E-state index in [0.717, 1.165) is 39.9 Å². The molecule has 1 saturated heterocycles. The van der Waals surface area contributed by atoms with Gasteiger partial charge in [0.25, 0.3) is 15.9 Å². The third kappa shape index (κ3) is 6.19. The van der Waals surface area contributed by atoms with Crippen molar-refractivity contribution >= 4 is 22.0 Å². The van der Waals surface area contributed by atoms with E-state index >= 15 is 0 Å². The Hall–Kier alpha value is -3.40. The van der Waals surface area contributed by atoms with E-state index < -0.39 is 15.9 Å². The first-order valence-corrected chi connectivity index (χ1v) is 13.0. The third-order valence-electron chi connectivity index (χ3n) is 5.94. The van der Waals surface area contributed by atoms with Gasteiger partial charge < -0.3 is 9.64 Å². The van der Waals surface area contributed by atoms with Crippen molar-refractivity contribution in [3.8, 4) is 16.9 Å². The molecule has 1 aliphatic rings. The largest absolute Gasteiger partial charge is 0.494 e. The van der Waals surface area contributed by atoms with Gasteiger partial charge >= 0.3 is 0 Å². The number of nitrogens with zero attached hydrogens (tertiary/aromatic N) is 2. The molecule has 0 atom stereocenters. The lowest BCUT2D eigenvalue weighted by Gasteiger charge is -2.14. The highest BCUT2D eigenvalue weighted by molar-refractivity contribution is 7.90. The van der Waals surface area contributed by atoms with Crippen LogP contribution in [0.5, 0.6) is 5.75 Å². The maximum absolute atomic E-state index is 13.1. The van der Waals surface area contributed by atoms with Crippen molar-refractivity contribution in [2.45, 2.75) is 24.2 Å². The topological polar surface area (TPSA) is 101 Å². The van der Waals surface area contributed by atoms with E-state index in [1.807, 2.05) is 24.3 Å². The van der Waals surface area contributed by atoms with Gasteiger partial charge in [0, 0.05) is 18.8 Å². The lowest BCUT2D eigenvalue weighted by Crippen LogP contribution is -2.21. The van der Waals surface area contributed by atoms with Crippen molar-refractivity contribution < 1.29 is 23.2 Å². The van der Waals surface area contributed by atoms with Crippen molar-refractivity contribution in [2.24, 2.45) is 0 Å². The normalized spacial score (nSPS) is 14.4. The average Bonchev–Trinajstić information content (AvgIpc) is 3.58. The summed E-state index contributed by atoms with van der Waals surface area (Å²) in [5, 5.41) is 8.61. The summed E-state index contributed by atoms with van der Waals surface area (Å²) in [6.45, 7) is 4.15. The van der Waals surface area contributed by atoms with Crippen LogP contribution in [0.25, 0.3) is 17.2 Å². The molecule has 0 aliphatic carbocycles. The van der Waals surface area contributed by atoms with Gasteiger partial charge in [-0.3, -0.25) is 10.0 Å². The van der Waals surface area contributed by atoms with Crippen molar-refractivity contribution in [3.05, 3.63) is 78.6 Å². The molecule has 1 fully saturated rings. The summed E-state index contributed by atoms with van der Waals surface area (Å²) in [6.07, 6.45) is 7.37. The standard InChI is InChI=1S/C26H29N3O5S/c30-26(27-31)15-10-23-5-3-19-29(23)35(32,33)25-13-8-22(9-14-25)21-6-11-24(12-7-21)34-20-4-18-28-16-1-2-17-28/h3,5-15,19,31H,1-2,4,16-18,20H2,(H,27,30)/b15-10+. The molecular weight excluding hydrogens is 466 g/mol. The van der Waals surface area contributed by atoms with Crippen LogP contribution in [0.4, 0.5) is 0 Å². The average molecular weight is 496 g/mol. The van der Waals surface area contributed by atoms with Gasteiger partial charge in [0.05, 0.1) is 17.2 Å². The zero-order valence-corrected chi connectivity index (χ0v) is 20.2. The predicted molar refractivity (Wildman–Crippen MR) is 134 cm³/mol. The van der Waals surface area contributed by atoms with Crippen molar-refractivity contribution in [1.29, 1.82) is 0 Å². The lowest BCUT2D eigenvalue weighted by molar-refractivity contribution is -0.124. The van der Waals surface area contributed by atoms with Crippen molar-refractivity contribution in [3.63, 3.8) is 0 Å². The van der Waals surface area contributed by atoms with E-state index in [1.165, 1.54) is 43.7 Å². The van der Waals surface area contributed by atoms with Crippen LogP contribution < -0.4 is 10.2 Å². The Kier molecular flexibility index (Phi) is 8.02. The molecule has 0 saturated carbocycles. The van der Waals surface area contributed by atoms with E-state index in [0.29, 0.717) is 6.61 Å². The second-order valence-corrected chi connectivity index (χ2v) is 10.2. The number of nitrogens with one attached hydrogen (secondary N) is 1. The molecule has 184 valence electrons. The molecule has 2 aromatic carbocycles. The summed E-state index contributed by atoms with van der Waals surface area (Å²) in [6, 6.07) is 17.5. The molecule has 1 amide bonds. The van der Waals surface area contributed by atoms with Crippen LogP contribution in [-0.4, -0.2) is 54.6 Å². The summed E-state index contributed by atoms with van der Waals surface area (Å²) >= 11 is 0. The molecule has 4 rings (SSSR count). The summed E-state index contributed by atoms with van der Waals surface area (Å²) < 4.78 is 33.1. The Morgan fingerprint density at radius 1 is 1.00 bits per heavy atom. The Morgan fingerprint density at radius 2 is 1.66 bits per heavy atom. The molecule has 1 aliphatic heterocycles. The summed E-state index contributed by atoms with van der Waals surface area (Å²) in [5.41, 5.74) is 3.60. The monoisotopic (exact) mass is 495 g/mol. The van der Waals surface area contributed by atoms with Gasteiger partial charge in [-0.05, 0) is 86.0 Å². The molecule has 0 radical (unpaired) electrons. The van der Waals surface area contributed by atoms with E-state index in [1.54, 1.807) is 36.4 Å². The molecule has 1 aromatic heterocycles. The van der Waals surface area contributed by atoms with Gasteiger partial charge in [0.2, 0.25) is 0 Å². The van der Waals surface area contributed by atoms with Crippen LogP contribution >= 0.6 is 0 Å². The highest BCUT2D eigenvalue weighted by Gasteiger charge is 2.18. The van der Waals surface area contributed by atoms with Gasteiger partial charge in [-0.2, -0.15) is 0 Å². The van der Waals surface area contributed by atoms with Crippen molar-refractivity contribution in [1.82, 2.24) is 14.4 Å². The Balaban J connectivity index is 1.39. The van der Waals surface area contributed by atoms with Gasteiger partial charge in [-0.15, -0.1) is 0 Å². The minimum absolute atomic E-state index is 0.122. The number of carbonyl (C=O) groups excluding carboxylic acids is 1. The molecule has 8 nitrogen and oxygen atoms in total. The number of carbonyl (C=O) groups is 1. The third-order valence-corrected chi connectivity index (χ3v) is 7.66. The zero-order valence-electron chi connectivity index (χ0n) is 19.3. The first-order chi connectivity index (χ1) is 17.0. The van der Waals surface area contributed by atoms with Gasteiger partial charge in [-0.25, -0.2) is 17.9 Å². The highest BCUT2D eigenvalue weighted by Crippen LogP contribution is 2.25. The van der Waals surface area contributed by atoms with E-state index in [4.69, 9.17) is 9.94 Å². The number of rotatable bonds is 10. The maximum Gasteiger partial charge on any atom is 0.268 e. The quantitative estimate of drug-likeness (QED) is 0.192. The first kappa shape index (κ1) is 24.7. The number of amides is 1. The van der Waals surface area contributed by atoms with E-state index in [9.17, 15) is 13.2 Å². The van der Waals surface area contributed by atoms with Gasteiger partial charge in [-0.1, -0.05) is 24.3 Å². The summed E-state index contributed by atoms with van der Waals surface area (Å²) in [4.78, 5) is 13.8. The summed E-state index contributed by atoms with van der Waals surface area (Å²) in [7, 11) is -3.86. The van der Waals surface area contributed by atoms with Crippen LogP contribution in [0.2, 0.25) is 0 Å². The number of ether oxygens (including phenoxy) is 1. The number of aromatic nitrogens is 1. The van der Waals surface area contributed by atoms with E-state index in [2.05, 4.69) is 4.90 Å². The molecule has 35 heavy (non-hydrogen) atoms. The molecule has 9 heteroatoms. The molecule has 0 bridgehead atoms. The maximum atomic E-state index is 13.1. The van der Waals surface area contributed by atoms with Crippen LogP contribution in [0.15, 0.2) is 77.8 Å². The number of hydrogen-bond donors (Lipinski definition) is 2. The molecular formula is C26H29N3O5S. The summed E-state index contributed by atoms with van der Waals surface area (Å²) in [5.74, 6) is 0.0652. The minimum Gasteiger partial charge on any atom is -0.494 e. The fourth-order valence-corrected chi connectivity index (χ4v) is 5.42. The number of hydroxylamine groups is 1. The Labute approximate surface area is 205 Å². The van der Waals surface area contributed by atoms with Crippen LogP contribution in [0.3, 0.4) is 0 Å². The Morgan fingerprint density at radius 3 is 2.31 bits per heavy atom. The lowest BCUT2D eigenvalue weighted by atomic mass is 10.1. The first-order valence-electron chi connectivity index (χ1n) is 11.6. The molecule has 2 heterocycles. The highest BCUT2D eigenvalue weighted by atomic mass is 32.2. The fraction of sp³-hybridized carbons (Fsp3) is 0.269. The smallest absolute Gasteiger partial charge is 0.268 e. The van der Waals surface area contributed by atoms with Crippen LogP contribution in [0, 0.1) is 0 Å². The van der Waals surface area contributed by atoms with Crippen molar-refractivity contribution in [2.75, 3.05) is 26.2 Å². The van der Waals surface area contributed by atoms with Gasteiger partial charge in [0.15, 0.2) is 0 Å². The number of benzene rings is 2. The molecule has 2 N–H and O–H groups in total. The van der Waals surface area contributed by atoms with Gasteiger partial charge in [0.1, 0.15) is 5.75 Å². The SMILES string of the molecule is O=C(/C=C/c1cccn1S(=O)(=O)c1ccc(-c2ccc(OCCCN3CCCC3)cc2)cc1)NO. The predicted octanol–water partition coefficient (Wildman–Crippen LogP) is 3.78. The molecule has 3 aromatic rings. The van der Waals surface area contributed by atoms with E-state index in [-0.39, 0.29) is 10.6 Å². The number of hydrogen-bond acceptors (Lipinski definition) is 6. The molecule has 0 spiro atoms. The fourth-order valence-electron chi connectivity index (χ4n) is 4.09. The molecule has 0 unspecified atom stereocenters. The number of likely N-dealkylation sites (tertiary alicyclic amines) is 1. The zero-order chi connectivity index (χ0) is 24.7. The van der Waals surface area contributed by atoms with Crippen LogP contribution in [0.1, 0.15) is 25.0 Å². The second-order valence-electron chi connectivity index (χ2n) is 8.34. The minimum atomic E-state index is -3.86.